The van der Waals surface area contributed by atoms with Gasteiger partial charge >= 0.3 is 0 Å². The van der Waals surface area contributed by atoms with Gasteiger partial charge < -0.3 is 0 Å². The Hall–Kier alpha value is -1.55. The van der Waals surface area contributed by atoms with Gasteiger partial charge in [0.25, 0.3) is 0 Å². The number of hydrogen-bond donors (Lipinski definition) is 0. The zero-order valence-electron chi connectivity index (χ0n) is 11.2. The molecule has 2 rings (SSSR count). The number of rotatable bonds is 0. The second kappa shape index (κ2) is 5.68. The van der Waals surface area contributed by atoms with Gasteiger partial charge in [0.2, 0.25) is 0 Å². The fourth-order valence-electron chi connectivity index (χ4n) is 1.93. The van der Waals surface area contributed by atoms with Gasteiger partial charge in [-0.2, -0.15) is 5.26 Å². The Morgan fingerprint density at radius 3 is 2.59 bits per heavy atom. The van der Waals surface area contributed by atoms with Crippen LogP contribution in [0.1, 0.15) is 43.9 Å². The first-order valence-electron chi connectivity index (χ1n) is 6.25. The van der Waals surface area contributed by atoms with Crippen LogP contribution >= 0.6 is 0 Å². The van der Waals surface area contributed by atoms with Gasteiger partial charge in [-0.25, -0.2) is 0 Å². The molecule has 0 aliphatic heterocycles. The number of fused-ring (bicyclic) bond motifs is 1. The van der Waals surface area contributed by atoms with E-state index in [9.17, 15) is 0 Å². The minimum Gasteiger partial charge on any atom is -0.197 e. The molecular weight excluding hydrogens is 206 g/mol. The van der Waals surface area contributed by atoms with Gasteiger partial charge in [-0.3, -0.25) is 0 Å². The molecule has 1 unspecified atom stereocenters. The summed E-state index contributed by atoms with van der Waals surface area (Å²) in [6.45, 7) is 8.34. The number of allylic oxidation sites excluding steroid dienone is 1. The minimum atomic E-state index is -0.319. The summed E-state index contributed by atoms with van der Waals surface area (Å²) in [5.41, 5.74) is 3.55. The number of aryl methyl sites for hydroxylation is 1. The van der Waals surface area contributed by atoms with Gasteiger partial charge in [-0.1, -0.05) is 50.6 Å². The highest BCUT2D eigenvalue weighted by molar-refractivity contribution is 5.62. The van der Waals surface area contributed by atoms with Crippen molar-refractivity contribution in [3.63, 3.8) is 0 Å². The van der Waals surface area contributed by atoms with Crippen molar-refractivity contribution in [2.75, 3.05) is 0 Å². The number of nitriles is 1. The van der Waals surface area contributed by atoms with Gasteiger partial charge in [-0.15, -0.1) is 0 Å². The summed E-state index contributed by atoms with van der Waals surface area (Å²) < 4.78 is 0. The van der Waals surface area contributed by atoms with E-state index in [2.05, 4.69) is 51.1 Å². The molecule has 0 spiro atoms. The molecule has 1 atom stereocenters. The largest absolute Gasteiger partial charge is 0.197 e. The SMILES string of the molecule is CCC.Cc1cccc2c1C=CC(C)(C#N)C2. The lowest BCUT2D eigenvalue weighted by Crippen LogP contribution is -2.18. The van der Waals surface area contributed by atoms with E-state index in [0.29, 0.717) is 0 Å². The third kappa shape index (κ3) is 3.20. The quantitative estimate of drug-likeness (QED) is 0.639. The summed E-state index contributed by atoms with van der Waals surface area (Å²) in [6.07, 6.45) is 6.18. The molecule has 1 aromatic carbocycles. The molecule has 0 N–H and O–H groups in total. The summed E-state index contributed by atoms with van der Waals surface area (Å²) in [5.74, 6) is 0. The molecule has 1 aromatic rings. The molecule has 1 aliphatic carbocycles. The topological polar surface area (TPSA) is 23.8 Å². The first-order valence-corrected chi connectivity index (χ1v) is 6.25. The van der Waals surface area contributed by atoms with Gasteiger partial charge in [0.1, 0.15) is 0 Å². The molecule has 0 heterocycles. The standard InChI is InChI=1S/C13H13N.C3H8/c1-10-4-3-5-11-8-13(2,9-14)7-6-12(10)11;1-3-2/h3-7H,8H2,1-2H3;3H2,1-2H3. The maximum Gasteiger partial charge on any atom is 0.0769 e. The normalized spacial score (nSPS) is 20.9. The summed E-state index contributed by atoms with van der Waals surface area (Å²) >= 11 is 0. The highest BCUT2D eigenvalue weighted by Crippen LogP contribution is 2.32. The Morgan fingerprint density at radius 1 is 1.35 bits per heavy atom. The zero-order chi connectivity index (χ0) is 12.9. The molecule has 1 nitrogen and oxygen atoms in total. The average Bonchev–Trinajstić information content (AvgIpc) is 2.30. The van der Waals surface area contributed by atoms with E-state index in [4.69, 9.17) is 5.26 Å². The van der Waals surface area contributed by atoms with Crippen LogP contribution in [-0.4, -0.2) is 0 Å². The second-order valence-corrected chi connectivity index (χ2v) is 4.89. The van der Waals surface area contributed by atoms with Crippen LogP contribution in [0.3, 0.4) is 0 Å². The van der Waals surface area contributed by atoms with Gasteiger partial charge in [0, 0.05) is 0 Å². The van der Waals surface area contributed by atoms with E-state index in [1.165, 1.54) is 23.1 Å². The molecule has 0 fully saturated rings. The molecule has 1 heteroatoms. The smallest absolute Gasteiger partial charge is 0.0769 e. The molecule has 0 bridgehead atoms. The molecular formula is C16H21N. The van der Waals surface area contributed by atoms with Crippen molar-refractivity contribution >= 4 is 6.08 Å². The Labute approximate surface area is 105 Å². The van der Waals surface area contributed by atoms with Crippen LogP contribution in [0, 0.1) is 23.7 Å². The summed E-state index contributed by atoms with van der Waals surface area (Å²) in [4.78, 5) is 0. The van der Waals surface area contributed by atoms with Gasteiger partial charge in [0.15, 0.2) is 0 Å². The van der Waals surface area contributed by atoms with E-state index in [1.54, 1.807) is 0 Å². The van der Waals surface area contributed by atoms with Crippen molar-refractivity contribution < 1.29 is 0 Å². The van der Waals surface area contributed by atoms with Crippen molar-refractivity contribution in [3.8, 4) is 6.07 Å². The van der Waals surface area contributed by atoms with Crippen molar-refractivity contribution in [3.05, 3.63) is 41.0 Å². The first-order chi connectivity index (χ1) is 8.06. The maximum atomic E-state index is 9.04. The average molecular weight is 227 g/mol. The third-order valence-electron chi connectivity index (χ3n) is 2.85. The third-order valence-corrected chi connectivity index (χ3v) is 2.85. The molecule has 0 saturated heterocycles. The Balaban J connectivity index is 0.000000437. The summed E-state index contributed by atoms with van der Waals surface area (Å²) in [6, 6.07) is 8.64. The van der Waals surface area contributed by atoms with Gasteiger partial charge in [-0.05, 0) is 37.0 Å². The van der Waals surface area contributed by atoms with Crippen LogP contribution in [0.5, 0.6) is 0 Å². The van der Waals surface area contributed by atoms with Crippen molar-refractivity contribution in [1.29, 1.82) is 5.26 Å². The lowest BCUT2D eigenvalue weighted by molar-refractivity contribution is 0.560. The van der Waals surface area contributed by atoms with Crippen molar-refractivity contribution in [2.24, 2.45) is 5.41 Å². The molecule has 0 saturated carbocycles. The molecule has 0 aromatic heterocycles. The van der Waals surface area contributed by atoms with E-state index in [1.807, 2.05) is 13.0 Å². The van der Waals surface area contributed by atoms with E-state index < -0.39 is 0 Å². The number of nitrogens with zero attached hydrogens (tertiary/aromatic N) is 1. The van der Waals surface area contributed by atoms with Gasteiger partial charge in [0.05, 0.1) is 11.5 Å². The molecule has 0 radical (unpaired) electrons. The summed E-state index contributed by atoms with van der Waals surface area (Å²) in [5, 5.41) is 9.04. The van der Waals surface area contributed by atoms with Crippen LogP contribution in [0.15, 0.2) is 24.3 Å². The van der Waals surface area contributed by atoms with Crippen molar-refractivity contribution in [2.45, 2.75) is 40.5 Å². The summed E-state index contributed by atoms with van der Waals surface area (Å²) in [7, 11) is 0. The second-order valence-electron chi connectivity index (χ2n) is 4.89. The highest BCUT2D eigenvalue weighted by Gasteiger charge is 2.25. The molecule has 1 aliphatic rings. The van der Waals surface area contributed by atoms with Crippen LogP contribution in [0.2, 0.25) is 0 Å². The fraction of sp³-hybridized carbons (Fsp3) is 0.438. The minimum absolute atomic E-state index is 0.319. The van der Waals surface area contributed by atoms with E-state index in [-0.39, 0.29) is 5.41 Å². The Bertz CT molecular complexity index is 451. The van der Waals surface area contributed by atoms with Crippen LogP contribution in [0.25, 0.3) is 6.08 Å². The maximum absolute atomic E-state index is 9.04. The predicted octanol–water partition coefficient (Wildman–Crippen LogP) is 4.51. The van der Waals surface area contributed by atoms with E-state index >= 15 is 0 Å². The lowest BCUT2D eigenvalue weighted by Gasteiger charge is -2.24. The number of benzene rings is 1. The van der Waals surface area contributed by atoms with Crippen LogP contribution < -0.4 is 0 Å². The lowest BCUT2D eigenvalue weighted by atomic mass is 9.78. The predicted molar refractivity (Wildman–Crippen MR) is 73.6 cm³/mol. The monoisotopic (exact) mass is 227 g/mol. The van der Waals surface area contributed by atoms with Crippen molar-refractivity contribution in [1.82, 2.24) is 0 Å². The van der Waals surface area contributed by atoms with Crippen LogP contribution in [0.4, 0.5) is 0 Å². The Morgan fingerprint density at radius 2 is 2.00 bits per heavy atom. The number of hydrogen-bond acceptors (Lipinski definition) is 1. The molecule has 0 amide bonds. The molecule has 17 heavy (non-hydrogen) atoms. The Kier molecular flexibility index (Phi) is 4.52. The first kappa shape index (κ1) is 13.5. The fourth-order valence-corrected chi connectivity index (χ4v) is 1.93. The molecule has 90 valence electrons. The van der Waals surface area contributed by atoms with Crippen LogP contribution in [-0.2, 0) is 6.42 Å². The zero-order valence-corrected chi connectivity index (χ0v) is 11.2. The van der Waals surface area contributed by atoms with E-state index in [0.717, 1.165) is 6.42 Å². The highest BCUT2D eigenvalue weighted by atomic mass is 14.3.